The molecule has 4 heteroatoms. The van der Waals surface area contributed by atoms with Crippen LogP contribution in [-0.2, 0) is 0 Å². The largest absolute Gasteiger partial charge is 0.368 e. The van der Waals surface area contributed by atoms with Gasteiger partial charge in [-0.05, 0) is 25.0 Å². The van der Waals surface area contributed by atoms with E-state index in [9.17, 15) is 0 Å². The lowest BCUT2D eigenvalue weighted by Gasteiger charge is -2.06. The molecule has 1 aromatic heterocycles. The average molecular weight is 246 g/mol. The summed E-state index contributed by atoms with van der Waals surface area (Å²) >= 11 is 6.16. The molecule has 0 aliphatic heterocycles. The molecule has 2 aromatic rings. The SMILES string of the molecule is Nc1nc(-c2ccccc2Cl)cc(C2CC2)n1. The van der Waals surface area contributed by atoms with Gasteiger partial charge < -0.3 is 5.73 Å². The predicted molar refractivity (Wildman–Crippen MR) is 68.9 cm³/mol. The summed E-state index contributed by atoms with van der Waals surface area (Å²) in [6, 6.07) is 9.64. The van der Waals surface area contributed by atoms with Crippen LogP contribution in [0.25, 0.3) is 11.3 Å². The number of nitrogens with zero attached hydrogens (tertiary/aromatic N) is 2. The van der Waals surface area contributed by atoms with Crippen molar-refractivity contribution in [1.29, 1.82) is 0 Å². The maximum Gasteiger partial charge on any atom is 0.220 e. The second-order valence-electron chi connectivity index (χ2n) is 4.29. The minimum Gasteiger partial charge on any atom is -0.368 e. The van der Waals surface area contributed by atoms with Crippen LogP contribution in [0.1, 0.15) is 24.5 Å². The molecule has 1 aliphatic carbocycles. The van der Waals surface area contributed by atoms with Gasteiger partial charge in [-0.25, -0.2) is 9.97 Å². The number of rotatable bonds is 2. The van der Waals surface area contributed by atoms with Crippen LogP contribution in [0.4, 0.5) is 5.95 Å². The molecule has 0 amide bonds. The second-order valence-corrected chi connectivity index (χ2v) is 4.70. The van der Waals surface area contributed by atoms with Crippen molar-refractivity contribution < 1.29 is 0 Å². The van der Waals surface area contributed by atoms with E-state index >= 15 is 0 Å². The molecule has 1 saturated carbocycles. The zero-order chi connectivity index (χ0) is 11.8. The fraction of sp³-hybridized carbons (Fsp3) is 0.231. The van der Waals surface area contributed by atoms with Crippen molar-refractivity contribution in [2.45, 2.75) is 18.8 Å². The first-order chi connectivity index (χ1) is 8.24. The average Bonchev–Trinajstić information content (AvgIpc) is 3.12. The number of hydrogen-bond acceptors (Lipinski definition) is 3. The van der Waals surface area contributed by atoms with Gasteiger partial charge in [0, 0.05) is 22.2 Å². The fourth-order valence-corrected chi connectivity index (χ4v) is 2.11. The van der Waals surface area contributed by atoms with Gasteiger partial charge in [-0.15, -0.1) is 0 Å². The van der Waals surface area contributed by atoms with E-state index in [0.717, 1.165) is 17.0 Å². The molecule has 86 valence electrons. The molecule has 1 aliphatic rings. The smallest absolute Gasteiger partial charge is 0.220 e. The van der Waals surface area contributed by atoms with E-state index in [1.807, 2.05) is 30.3 Å². The van der Waals surface area contributed by atoms with Gasteiger partial charge in [-0.1, -0.05) is 29.8 Å². The highest BCUT2D eigenvalue weighted by Crippen LogP contribution is 2.40. The Morgan fingerprint density at radius 1 is 1.18 bits per heavy atom. The number of aromatic nitrogens is 2. The number of nitrogen functional groups attached to an aromatic ring is 1. The third kappa shape index (κ3) is 2.11. The van der Waals surface area contributed by atoms with Crippen LogP contribution in [0.3, 0.4) is 0 Å². The molecule has 1 fully saturated rings. The van der Waals surface area contributed by atoms with Gasteiger partial charge in [-0.2, -0.15) is 0 Å². The van der Waals surface area contributed by atoms with Crippen molar-refractivity contribution in [3.8, 4) is 11.3 Å². The monoisotopic (exact) mass is 245 g/mol. The summed E-state index contributed by atoms with van der Waals surface area (Å²) < 4.78 is 0. The molecule has 0 bridgehead atoms. The molecule has 0 saturated heterocycles. The highest BCUT2D eigenvalue weighted by molar-refractivity contribution is 6.33. The van der Waals surface area contributed by atoms with Gasteiger partial charge in [0.1, 0.15) is 0 Å². The van der Waals surface area contributed by atoms with Crippen LogP contribution in [0.5, 0.6) is 0 Å². The number of hydrogen-bond donors (Lipinski definition) is 1. The molecule has 0 spiro atoms. The molecule has 0 atom stereocenters. The Morgan fingerprint density at radius 3 is 2.65 bits per heavy atom. The Labute approximate surface area is 105 Å². The summed E-state index contributed by atoms with van der Waals surface area (Å²) in [6.07, 6.45) is 2.39. The van der Waals surface area contributed by atoms with Gasteiger partial charge in [0.2, 0.25) is 5.95 Å². The van der Waals surface area contributed by atoms with E-state index < -0.39 is 0 Å². The van der Waals surface area contributed by atoms with E-state index in [2.05, 4.69) is 9.97 Å². The molecule has 1 aromatic carbocycles. The van der Waals surface area contributed by atoms with Crippen molar-refractivity contribution in [2.24, 2.45) is 0 Å². The van der Waals surface area contributed by atoms with Crippen molar-refractivity contribution >= 4 is 17.5 Å². The number of anilines is 1. The van der Waals surface area contributed by atoms with E-state index in [1.165, 1.54) is 12.8 Å². The molecule has 17 heavy (non-hydrogen) atoms. The van der Waals surface area contributed by atoms with Crippen molar-refractivity contribution in [3.05, 3.63) is 41.0 Å². The lowest BCUT2D eigenvalue weighted by atomic mass is 10.1. The third-order valence-electron chi connectivity index (χ3n) is 2.91. The molecule has 2 N–H and O–H groups in total. The number of halogens is 1. The van der Waals surface area contributed by atoms with Crippen LogP contribution in [0.15, 0.2) is 30.3 Å². The Kier molecular flexibility index (Phi) is 2.48. The molecule has 3 rings (SSSR count). The van der Waals surface area contributed by atoms with Gasteiger partial charge in [0.05, 0.1) is 5.69 Å². The first-order valence-corrected chi connectivity index (χ1v) is 6.01. The molecular formula is C13H12ClN3. The summed E-state index contributed by atoms with van der Waals surface area (Å²) in [7, 11) is 0. The van der Waals surface area contributed by atoms with Gasteiger partial charge in [-0.3, -0.25) is 0 Å². The summed E-state index contributed by atoms with van der Waals surface area (Å²) in [4.78, 5) is 8.53. The third-order valence-corrected chi connectivity index (χ3v) is 3.24. The number of nitrogens with two attached hydrogens (primary N) is 1. The highest BCUT2D eigenvalue weighted by atomic mass is 35.5. The molecule has 0 radical (unpaired) electrons. The van der Waals surface area contributed by atoms with E-state index in [4.69, 9.17) is 17.3 Å². The van der Waals surface area contributed by atoms with Gasteiger partial charge in [0.25, 0.3) is 0 Å². The van der Waals surface area contributed by atoms with Crippen LogP contribution in [0, 0.1) is 0 Å². The Morgan fingerprint density at radius 2 is 1.94 bits per heavy atom. The highest BCUT2D eigenvalue weighted by Gasteiger charge is 2.26. The Balaban J connectivity index is 2.11. The quantitative estimate of drug-likeness (QED) is 0.884. The summed E-state index contributed by atoms with van der Waals surface area (Å²) in [5.74, 6) is 0.880. The molecular weight excluding hydrogens is 234 g/mol. The van der Waals surface area contributed by atoms with E-state index in [-0.39, 0.29) is 0 Å². The second kappa shape index (κ2) is 4.00. The van der Waals surface area contributed by atoms with Crippen molar-refractivity contribution in [3.63, 3.8) is 0 Å². The van der Waals surface area contributed by atoms with Crippen molar-refractivity contribution in [2.75, 3.05) is 5.73 Å². The van der Waals surface area contributed by atoms with Crippen LogP contribution in [0.2, 0.25) is 5.02 Å². The van der Waals surface area contributed by atoms with Crippen molar-refractivity contribution in [1.82, 2.24) is 9.97 Å². The minimum absolute atomic E-state index is 0.323. The maximum absolute atomic E-state index is 6.16. The van der Waals surface area contributed by atoms with Crippen LogP contribution >= 0.6 is 11.6 Å². The topological polar surface area (TPSA) is 51.8 Å². The van der Waals surface area contributed by atoms with E-state index in [1.54, 1.807) is 0 Å². The predicted octanol–water partition coefficient (Wildman–Crippen LogP) is 3.26. The van der Waals surface area contributed by atoms with E-state index in [0.29, 0.717) is 16.9 Å². The zero-order valence-corrected chi connectivity index (χ0v) is 9.98. The summed E-state index contributed by atoms with van der Waals surface area (Å²) in [5, 5.41) is 0.687. The molecule has 1 heterocycles. The van der Waals surface area contributed by atoms with Crippen LogP contribution < -0.4 is 5.73 Å². The summed E-state index contributed by atoms with van der Waals surface area (Å²) in [5.41, 5.74) is 8.50. The Hall–Kier alpha value is -1.61. The van der Waals surface area contributed by atoms with Gasteiger partial charge in [0.15, 0.2) is 0 Å². The summed E-state index contributed by atoms with van der Waals surface area (Å²) in [6.45, 7) is 0. The first-order valence-electron chi connectivity index (χ1n) is 5.63. The minimum atomic E-state index is 0.323. The normalized spacial score (nSPS) is 14.9. The maximum atomic E-state index is 6.16. The lowest BCUT2D eigenvalue weighted by molar-refractivity contribution is 1.00. The van der Waals surface area contributed by atoms with Gasteiger partial charge >= 0.3 is 0 Å². The van der Waals surface area contributed by atoms with Crippen LogP contribution in [-0.4, -0.2) is 9.97 Å². The Bertz CT molecular complexity index is 564. The standard InChI is InChI=1S/C13H12ClN3/c14-10-4-2-1-3-9(10)12-7-11(8-5-6-8)16-13(15)17-12/h1-4,7-8H,5-6H2,(H2,15,16,17). The first kappa shape index (κ1) is 10.5. The molecule has 0 unspecified atom stereocenters. The molecule has 3 nitrogen and oxygen atoms in total. The lowest BCUT2D eigenvalue weighted by Crippen LogP contribution is -2.00. The fourth-order valence-electron chi connectivity index (χ4n) is 1.88. The zero-order valence-electron chi connectivity index (χ0n) is 9.23. The number of benzene rings is 1.